The number of anilines is 1. The zero-order valence-electron chi connectivity index (χ0n) is 17.3. The van der Waals surface area contributed by atoms with E-state index in [1.54, 1.807) is 12.1 Å². The Balaban J connectivity index is 1.21. The smallest absolute Gasteiger partial charge is 0.261 e. The largest absolute Gasteiger partial charge is 0.460 e. The zero-order valence-corrected chi connectivity index (χ0v) is 18.1. The van der Waals surface area contributed by atoms with Crippen LogP contribution in [0.1, 0.15) is 39.3 Å². The van der Waals surface area contributed by atoms with Crippen molar-refractivity contribution in [1.29, 1.82) is 0 Å². The van der Waals surface area contributed by atoms with Crippen molar-refractivity contribution in [3.05, 3.63) is 70.8 Å². The van der Waals surface area contributed by atoms with Crippen molar-refractivity contribution < 1.29 is 18.8 Å². The lowest BCUT2D eigenvalue weighted by atomic mass is 9.94. The van der Waals surface area contributed by atoms with Crippen LogP contribution >= 0.6 is 11.3 Å². The summed E-state index contributed by atoms with van der Waals surface area (Å²) in [6.45, 7) is 2.03. The molecule has 5 rings (SSSR count). The summed E-state index contributed by atoms with van der Waals surface area (Å²) in [6, 6.07) is 14.6. The monoisotopic (exact) mass is 445 g/mol. The molecule has 2 aromatic carbocycles. The van der Waals surface area contributed by atoms with Gasteiger partial charge < -0.3 is 9.73 Å². The van der Waals surface area contributed by atoms with Crippen LogP contribution in [0.2, 0.25) is 0 Å². The molecule has 1 aliphatic rings. The van der Waals surface area contributed by atoms with E-state index in [1.165, 1.54) is 16.2 Å². The molecule has 0 saturated carbocycles. The number of hydrogen-bond donors (Lipinski definition) is 1. The van der Waals surface area contributed by atoms with Crippen molar-refractivity contribution in [3.8, 4) is 11.5 Å². The number of rotatable bonds is 6. The fraction of sp³-hybridized carbons (Fsp3) is 0.167. The Labute approximate surface area is 187 Å². The van der Waals surface area contributed by atoms with Crippen LogP contribution in [-0.2, 0) is 4.79 Å². The van der Waals surface area contributed by atoms with E-state index >= 15 is 0 Å². The first-order valence-electron chi connectivity index (χ1n) is 10.2. The van der Waals surface area contributed by atoms with Gasteiger partial charge in [-0.1, -0.05) is 24.3 Å². The molecule has 1 aliphatic heterocycles. The minimum absolute atomic E-state index is 0.164. The van der Waals surface area contributed by atoms with E-state index in [0.29, 0.717) is 39.5 Å². The standard InChI is InChI=1S/C24H19N3O4S/c1-14-10-11-19(31-14)18-13-32-24(25-18)26-20(28)9-4-12-27-22(29)16-7-2-5-15-6-3-8-17(21(15)16)23(27)30/h2-3,5-8,10-11,13H,4,9,12H2,1H3,(H,25,26,28). The van der Waals surface area contributed by atoms with E-state index in [1.807, 2.05) is 48.7 Å². The number of hydrogen-bond acceptors (Lipinski definition) is 6. The van der Waals surface area contributed by atoms with Crippen LogP contribution in [0.15, 0.2) is 58.3 Å². The number of carbonyl (C=O) groups excluding carboxylic acids is 3. The fourth-order valence-electron chi connectivity index (χ4n) is 3.88. The topological polar surface area (TPSA) is 92.5 Å². The molecular formula is C24H19N3O4S. The minimum Gasteiger partial charge on any atom is -0.460 e. The maximum atomic E-state index is 12.9. The van der Waals surface area contributed by atoms with Gasteiger partial charge in [0.25, 0.3) is 11.8 Å². The Morgan fingerprint density at radius 2 is 1.78 bits per heavy atom. The number of benzene rings is 2. The highest BCUT2D eigenvalue weighted by Gasteiger charge is 2.32. The van der Waals surface area contributed by atoms with E-state index in [0.717, 1.165) is 11.1 Å². The van der Waals surface area contributed by atoms with Crippen molar-refractivity contribution in [3.63, 3.8) is 0 Å². The second-order valence-corrected chi connectivity index (χ2v) is 8.43. The molecule has 0 fully saturated rings. The molecule has 0 bridgehead atoms. The van der Waals surface area contributed by atoms with E-state index in [-0.39, 0.29) is 30.7 Å². The first-order chi connectivity index (χ1) is 15.5. The number of furan rings is 1. The average Bonchev–Trinajstić information content (AvgIpc) is 3.43. The maximum absolute atomic E-state index is 12.9. The van der Waals surface area contributed by atoms with Gasteiger partial charge in [-0.25, -0.2) is 4.98 Å². The third-order valence-corrected chi connectivity index (χ3v) is 6.14. The van der Waals surface area contributed by atoms with E-state index < -0.39 is 0 Å². The lowest BCUT2D eigenvalue weighted by Crippen LogP contribution is -2.41. The second kappa shape index (κ2) is 8.05. The third-order valence-electron chi connectivity index (χ3n) is 5.38. The van der Waals surface area contributed by atoms with Crippen LogP contribution in [-0.4, -0.2) is 34.2 Å². The molecule has 0 aliphatic carbocycles. The molecule has 1 N–H and O–H groups in total. The number of aryl methyl sites for hydroxylation is 1. The number of amides is 3. The molecule has 8 heteroatoms. The molecule has 3 amide bonds. The normalized spacial score (nSPS) is 13.1. The summed E-state index contributed by atoms with van der Waals surface area (Å²) in [5, 5.41) is 6.63. The molecule has 0 saturated heterocycles. The summed E-state index contributed by atoms with van der Waals surface area (Å²) in [4.78, 5) is 43.8. The predicted octanol–water partition coefficient (Wildman–Crippen LogP) is 4.88. The number of aromatic nitrogens is 1. The molecule has 2 aromatic heterocycles. The molecule has 0 spiro atoms. The van der Waals surface area contributed by atoms with Gasteiger partial charge in [0.15, 0.2) is 10.9 Å². The lowest BCUT2D eigenvalue weighted by Gasteiger charge is -2.27. The molecule has 0 atom stereocenters. The first kappa shape index (κ1) is 20.1. The van der Waals surface area contributed by atoms with Gasteiger partial charge in [-0.3, -0.25) is 19.3 Å². The predicted molar refractivity (Wildman–Crippen MR) is 122 cm³/mol. The van der Waals surface area contributed by atoms with Gasteiger partial charge in [-0.05, 0) is 43.0 Å². The van der Waals surface area contributed by atoms with Gasteiger partial charge >= 0.3 is 0 Å². The van der Waals surface area contributed by atoms with Crippen molar-refractivity contribution >= 4 is 45.0 Å². The van der Waals surface area contributed by atoms with Gasteiger partial charge in [-0.2, -0.15) is 0 Å². The zero-order chi connectivity index (χ0) is 22.2. The number of nitrogens with zero attached hydrogens (tertiary/aromatic N) is 2. The van der Waals surface area contributed by atoms with Crippen LogP contribution in [0.4, 0.5) is 5.13 Å². The Morgan fingerprint density at radius 1 is 1.06 bits per heavy atom. The average molecular weight is 446 g/mol. The highest BCUT2D eigenvalue weighted by atomic mass is 32.1. The summed E-state index contributed by atoms with van der Waals surface area (Å²) >= 11 is 1.31. The Hall–Kier alpha value is -3.78. The van der Waals surface area contributed by atoms with Gasteiger partial charge in [0.2, 0.25) is 5.91 Å². The molecule has 4 aromatic rings. The molecule has 0 unspecified atom stereocenters. The molecular weight excluding hydrogens is 426 g/mol. The van der Waals surface area contributed by atoms with Gasteiger partial charge in [0.05, 0.1) is 0 Å². The Bertz CT molecular complexity index is 1320. The fourth-order valence-corrected chi connectivity index (χ4v) is 4.60. The summed E-state index contributed by atoms with van der Waals surface area (Å²) < 4.78 is 5.55. The molecule has 32 heavy (non-hydrogen) atoms. The van der Waals surface area contributed by atoms with Crippen LogP contribution in [0, 0.1) is 6.92 Å². The number of nitrogens with one attached hydrogen (secondary N) is 1. The van der Waals surface area contributed by atoms with Crippen LogP contribution in [0.5, 0.6) is 0 Å². The van der Waals surface area contributed by atoms with Gasteiger partial charge in [-0.15, -0.1) is 11.3 Å². The highest BCUT2D eigenvalue weighted by molar-refractivity contribution is 7.14. The summed E-state index contributed by atoms with van der Waals surface area (Å²) in [7, 11) is 0. The Kier molecular flexibility index (Phi) is 5.07. The number of carbonyl (C=O) groups is 3. The lowest BCUT2D eigenvalue weighted by molar-refractivity contribution is -0.116. The number of thiazole rings is 1. The third kappa shape index (κ3) is 3.58. The maximum Gasteiger partial charge on any atom is 0.261 e. The second-order valence-electron chi connectivity index (χ2n) is 7.57. The van der Waals surface area contributed by atoms with Crippen molar-refractivity contribution in [2.75, 3.05) is 11.9 Å². The van der Waals surface area contributed by atoms with Gasteiger partial charge in [0.1, 0.15) is 11.5 Å². The molecule has 0 radical (unpaired) electrons. The van der Waals surface area contributed by atoms with E-state index in [9.17, 15) is 14.4 Å². The highest BCUT2D eigenvalue weighted by Crippen LogP contribution is 2.30. The summed E-state index contributed by atoms with van der Waals surface area (Å²) in [6.07, 6.45) is 0.523. The Morgan fingerprint density at radius 3 is 2.44 bits per heavy atom. The SMILES string of the molecule is Cc1ccc(-c2csc(NC(=O)CCCN3C(=O)c4cccc5cccc(c45)C3=O)n2)o1. The molecule has 3 heterocycles. The number of imide groups is 1. The quantitative estimate of drug-likeness (QED) is 0.427. The van der Waals surface area contributed by atoms with Crippen molar-refractivity contribution in [2.45, 2.75) is 19.8 Å². The van der Waals surface area contributed by atoms with Crippen LogP contribution in [0.3, 0.4) is 0 Å². The van der Waals surface area contributed by atoms with Gasteiger partial charge in [0, 0.05) is 34.9 Å². The van der Waals surface area contributed by atoms with E-state index in [4.69, 9.17) is 4.42 Å². The minimum atomic E-state index is -0.321. The summed E-state index contributed by atoms with van der Waals surface area (Å²) in [5.74, 6) is 0.577. The molecule has 160 valence electrons. The first-order valence-corrected chi connectivity index (χ1v) is 11.1. The van der Waals surface area contributed by atoms with Crippen LogP contribution < -0.4 is 5.32 Å². The molecule has 7 nitrogen and oxygen atoms in total. The van der Waals surface area contributed by atoms with Crippen LogP contribution in [0.25, 0.3) is 22.2 Å². The van der Waals surface area contributed by atoms with Crippen molar-refractivity contribution in [2.24, 2.45) is 0 Å². The van der Waals surface area contributed by atoms with E-state index in [2.05, 4.69) is 10.3 Å². The summed E-state index contributed by atoms with van der Waals surface area (Å²) in [5.41, 5.74) is 1.70. The van der Waals surface area contributed by atoms with Crippen molar-refractivity contribution in [1.82, 2.24) is 9.88 Å².